The third kappa shape index (κ3) is 4.29. The van der Waals surface area contributed by atoms with Gasteiger partial charge in [-0.25, -0.2) is 32.6 Å². The van der Waals surface area contributed by atoms with Crippen molar-refractivity contribution in [1.82, 2.24) is 19.6 Å². The van der Waals surface area contributed by atoms with Crippen LogP contribution in [0.4, 0.5) is 24.9 Å². The highest BCUT2D eigenvalue weighted by molar-refractivity contribution is 5.89. The van der Waals surface area contributed by atoms with Gasteiger partial charge in [0.1, 0.15) is 5.67 Å². The van der Waals surface area contributed by atoms with E-state index in [4.69, 9.17) is 0 Å². The summed E-state index contributed by atoms with van der Waals surface area (Å²) in [4.78, 5) is 13.1. The van der Waals surface area contributed by atoms with Crippen LogP contribution in [0.5, 0.6) is 0 Å². The summed E-state index contributed by atoms with van der Waals surface area (Å²) in [6.45, 7) is 4.83. The molecule has 0 saturated carbocycles. The number of nitrogens with one attached hydrogen (secondary N) is 1. The van der Waals surface area contributed by atoms with Gasteiger partial charge in [0.15, 0.2) is 5.82 Å². The first-order chi connectivity index (χ1) is 14.2. The zero-order valence-electron chi connectivity index (χ0n) is 17.0. The number of halogens is 3. The van der Waals surface area contributed by atoms with Crippen molar-refractivity contribution in [2.75, 3.05) is 11.9 Å². The molecule has 0 spiro atoms. The topological polar surface area (TPSA) is 67.5 Å². The number of aromatic nitrogens is 4. The van der Waals surface area contributed by atoms with E-state index in [0.29, 0.717) is 23.9 Å². The highest BCUT2D eigenvalue weighted by Gasteiger charge is 2.25. The fraction of sp³-hybridized carbons (Fsp3) is 0.429. The number of rotatable bonds is 6. The summed E-state index contributed by atoms with van der Waals surface area (Å²) in [5.74, 6) is 0.637. The minimum atomic E-state index is -2.36. The van der Waals surface area contributed by atoms with Gasteiger partial charge < -0.3 is 5.32 Å². The van der Waals surface area contributed by atoms with E-state index in [1.807, 2.05) is 12.1 Å². The van der Waals surface area contributed by atoms with Crippen molar-refractivity contribution >= 4 is 23.0 Å². The van der Waals surface area contributed by atoms with Gasteiger partial charge in [0.25, 0.3) is 0 Å². The first-order valence-electron chi connectivity index (χ1n) is 9.79. The maximum Gasteiger partial charge on any atom is 0.241 e. The van der Waals surface area contributed by atoms with E-state index < -0.39 is 12.1 Å². The Morgan fingerprint density at radius 2 is 2.07 bits per heavy atom. The monoisotopic (exact) mass is 416 g/mol. The average Bonchev–Trinajstić information content (AvgIpc) is 3.09. The maximum absolute atomic E-state index is 13.7. The van der Waals surface area contributed by atoms with Crippen LogP contribution in [0, 0.1) is 5.92 Å². The van der Waals surface area contributed by atoms with Gasteiger partial charge in [-0.3, -0.25) is 0 Å². The Kier molecular flexibility index (Phi) is 5.21. The molecule has 1 N–H and O–H groups in total. The molecule has 0 aliphatic carbocycles. The molecular weight excluding hydrogens is 393 g/mol. The molecule has 0 bridgehead atoms. The van der Waals surface area contributed by atoms with Crippen LogP contribution in [0.25, 0.3) is 16.6 Å². The first kappa shape index (κ1) is 20.3. The Hall–Kier alpha value is -2.97. The van der Waals surface area contributed by atoms with Gasteiger partial charge in [-0.15, -0.1) is 5.10 Å². The van der Waals surface area contributed by atoms with Crippen molar-refractivity contribution in [3.63, 3.8) is 0 Å². The number of anilines is 1. The fourth-order valence-electron chi connectivity index (χ4n) is 3.56. The smallest absolute Gasteiger partial charge is 0.241 e. The molecule has 3 aromatic rings. The van der Waals surface area contributed by atoms with E-state index in [9.17, 15) is 13.2 Å². The van der Waals surface area contributed by atoms with Crippen LogP contribution in [-0.4, -0.2) is 43.9 Å². The quantitative estimate of drug-likeness (QED) is 0.623. The largest absolute Gasteiger partial charge is 0.350 e. The molecule has 1 aliphatic heterocycles. The average molecular weight is 416 g/mol. The summed E-state index contributed by atoms with van der Waals surface area (Å²) in [5, 5.41) is 7.25. The minimum Gasteiger partial charge on any atom is -0.350 e. The molecule has 6 nitrogen and oxygen atoms in total. The Bertz CT molecular complexity index is 1100. The molecule has 0 aromatic carbocycles. The molecule has 4 rings (SSSR count). The molecule has 9 heteroatoms. The molecule has 158 valence electrons. The Labute approximate surface area is 172 Å². The van der Waals surface area contributed by atoms with Crippen LogP contribution >= 0.6 is 0 Å². The highest BCUT2D eigenvalue weighted by atomic mass is 19.3. The van der Waals surface area contributed by atoms with E-state index >= 15 is 0 Å². The summed E-state index contributed by atoms with van der Waals surface area (Å²) >= 11 is 0. The van der Waals surface area contributed by atoms with Crippen LogP contribution in [0.1, 0.15) is 32.8 Å². The molecule has 30 heavy (non-hydrogen) atoms. The standard InChI is InChI=1S/C21H23F3N6/c1-12-13(8-18(22)23)6-14-7-15(9-25-19(14)28-12)16-4-5-30-17(16)10-26-20(29-30)27-11-21(2,3)24/h4-5,7,9-10,13,18H,6,8,11H2,1-3H3,(H,27,29)/t13-/m1/s1. The molecule has 0 radical (unpaired) electrons. The van der Waals surface area contributed by atoms with Crippen LogP contribution in [0.15, 0.2) is 35.7 Å². The Morgan fingerprint density at radius 3 is 2.80 bits per heavy atom. The third-order valence-corrected chi connectivity index (χ3v) is 5.14. The second-order valence-corrected chi connectivity index (χ2v) is 8.20. The molecule has 0 unspecified atom stereocenters. The Balaban J connectivity index is 1.62. The van der Waals surface area contributed by atoms with Crippen molar-refractivity contribution < 1.29 is 13.2 Å². The summed E-state index contributed by atoms with van der Waals surface area (Å²) in [6.07, 6.45) is 3.10. The normalized spacial score (nSPS) is 16.6. The molecular formula is C21H23F3N6. The van der Waals surface area contributed by atoms with Gasteiger partial charge in [0, 0.05) is 41.6 Å². The molecule has 1 atom stereocenters. The molecule has 4 heterocycles. The number of fused-ring (bicyclic) bond motifs is 2. The molecule has 0 fully saturated rings. The van der Waals surface area contributed by atoms with Crippen LogP contribution in [-0.2, 0) is 6.42 Å². The molecule has 1 aliphatic rings. The summed E-state index contributed by atoms with van der Waals surface area (Å²) in [5.41, 5.74) is 2.66. The summed E-state index contributed by atoms with van der Waals surface area (Å²) < 4.78 is 41.1. The predicted molar refractivity (Wildman–Crippen MR) is 110 cm³/mol. The molecule has 0 amide bonds. The van der Waals surface area contributed by atoms with Gasteiger partial charge in [-0.05, 0) is 44.9 Å². The second-order valence-electron chi connectivity index (χ2n) is 8.20. The van der Waals surface area contributed by atoms with E-state index in [1.54, 1.807) is 30.0 Å². The summed E-state index contributed by atoms with van der Waals surface area (Å²) in [7, 11) is 0. The number of alkyl halides is 3. The number of hydrogen-bond donors (Lipinski definition) is 1. The van der Waals surface area contributed by atoms with E-state index in [2.05, 4.69) is 25.4 Å². The zero-order chi connectivity index (χ0) is 21.5. The summed E-state index contributed by atoms with van der Waals surface area (Å²) in [6, 6.07) is 3.84. The van der Waals surface area contributed by atoms with Gasteiger partial charge >= 0.3 is 0 Å². The maximum atomic E-state index is 13.7. The van der Waals surface area contributed by atoms with Crippen molar-refractivity contribution in [1.29, 1.82) is 0 Å². The number of pyridine rings is 1. The minimum absolute atomic E-state index is 0.0983. The van der Waals surface area contributed by atoms with Crippen LogP contribution in [0.2, 0.25) is 0 Å². The SMILES string of the molecule is CC1=Nc2ncc(-c3ccn4nc(NCC(C)(C)F)ncc34)cc2C[C@@H]1CC(F)F. The van der Waals surface area contributed by atoms with Crippen molar-refractivity contribution in [2.45, 2.75) is 45.7 Å². The predicted octanol–water partition coefficient (Wildman–Crippen LogP) is 4.87. The first-order valence-corrected chi connectivity index (χ1v) is 9.79. The van der Waals surface area contributed by atoms with Gasteiger partial charge in [0.05, 0.1) is 18.3 Å². The van der Waals surface area contributed by atoms with Crippen LogP contribution < -0.4 is 5.32 Å². The second kappa shape index (κ2) is 7.70. The van der Waals surface area contributed by atoms with Crippen molar-refractivity contribution in [2.24, 2.45) is 10.9 Å². The highest BCUT2D eigenvalue weighted by Crippen LogP contribution is 2.34. The number of hydrogen-bond acceptors (Lipinski definition) is 5. The molecule has 3 aromatic heterocycles. The van der Waals surface area contributed by atoms with Gasteiger partial charge in [-0.2, -0.15) is 0 Å². The lowest BCUT2D eigenvalue weighted by molar-refractivity contribution is 0.125. The lowest BCUT2D eigenvalue weighted by Gasteiger charge is -2.22. The number of nitrogens with zero attached hydrogens (tertiary/aromatic N) is 5. The van der Waals surface area contributed by atoms with Gasteiger partial charge in [0.2, 0.25) is 12.4 Å². The van der Waals surface area contributed by atoms with Crippen molar-refractivity contribution in [3.8, 4) is 11.1 Å². The van der Waals surface area contributed by atoms with E-state index in [1.165, 1.54) is 13.8 Å². The lowest BCUT2D eigenvalue weighted by Crippen LogP contribution is -2.25. The fourth-order valence-corrected chi connectivity index (χ4v) is 3.56. The number of aliphatic imine (C=N–C) groups is 1. The van der Waals surface area contributed by atoms with Crippen LogP contribution in [0.3, 0.4) is 0 Å². The lowest BCUT2D eigenvalue weighted by atomic mass is 9.89. The zero-order valence-corrected chi connectivity index (χ0v) is 17.0. The third-order valence-electron chi connectivity index (χ3n) is 5.14. The Morgan fingerprint density at radius 1 is 1.27 bits per heavy atom. The van der Waals surface area contributed by atoms with Crippen molar-refractivity contribution in [3.05, 3.63) is 36.3 Å². The molecule has 0 saturated heterocycles. The van der Waals surface area contributed by atoms with E-state index in [0.717, 1.165) is 22.2 Å². The van der Waals surface area contributed by atoms with Gasteiger partial charge in [-0.1, -0.05) is 0 Å². The van der Waals surface area contributed by atoms with E-state index in [-0.39, 0.29) is 18.9 Å².